The highest BCUT2D eigenvalue weighted by Gasteiger charge is 2.68. The molecule has 0 aromatic carbocycles. The van der Waals surface area contributed by atoms with Crippen LogP contribution < -0.4 is 0 Å². The third kappa shape index (κ3) is 1.94. The predicted octanol–water partition coefficient (Wildman–Crippen LogP) is 3.30. The minimum Gasteiger partial charge on any atom is -0.342 e. The maximum absolute atomic E-state index is 12.6. The number of carbonyl (C=O) groups excluding carboxylic acids is 1. The Labute approximate surface area is 113 Å². The largest absolute Gasteiger partial charge is 0.342 e. The van der Waals surface area contributed by atoms with Crippen molar-refractivity contribution in [2.45, 2.75) is 45.9 Å². The van der Waals surface area contributed by atoms with Crippen LogP contribution in [0.15, 0.2) is 0 Å². The Hall–Kier alpha value is -0.0500. The first kappa shape index (κ1) is 13.4. The van der Waals surface area contributed by atoms with Gasteiger partial charge in [-0.15, -0.1) is 0 Å². The summed E-state index contributed by atoms with van der Waals surface area (Å²) in [5, 5.41) is 0. The summed E-state index contributed by atoms with van der Waals surface area (Å²) in [7, 11) is 0. The minimum absolute atomic E-state index is 0.165. The maximum Gasteiger partial charge on any atom is 0.226 e. The van der Waals surface area contributed by atoms with Gasteiger partial charge < -0.3 is 4.90 Å². The van der Waals surface area contributed by atoms with E-state index < -0.39 is 0 Å². The molecule has 1 aliphatic carbocycles. The van der Waals surface area contributed by atoms with Crippen LogP contribution in [0.3, 0.4) is 0 Å². The van der Waals surface area contributed by atoms with E-state index in [-0.39, 0.29) is 16.7 Å². The quantitative estimate of drug-likeness (QED) is 0.681. The average molecular weight is 302 g/mol. The van der Waals surface area contributed by atoms with Gasteiger partial charge in [-0.2, -0.15) is 0 Å². The van der Waals surface area contributed by atoms with E-state index in [1.165, 1.54) is 0 Å². The summed E-state index contributed by atoms with van der Waals surface area (Å²) in [6, 6.07) is 0. The molecule has 0 aromatic heterocycles. The normalized spacial score (nSPS) is 35.8. The van der Waals surface area contributed by atoms with Gasteiger partial charge in [0, 0.05) is 23.8 Å². The van der Waals surface area contributed by atoms with E-state index in [2.05, 4.69) is 55.4 Å². The van der Waals surface area contributed by atoms with Gasteiger partial charge >= 0.3 is 0 Å². The molecule has 1 aliphatic heterocycles. The number of hydrogen-bond acceptors (Lipinski definition) is 1. The first-order valence-corrected chi connectivity index (χ1v) is 7.54. The van der Waals surface area contributed by atoms with Crippen molar-refractivity contribution in [3.05, 3.63) is 0 Å². The molecule has 0 radical (unpaired) electrons. The van der Waals surface area contributed by atoms with Crippen LogP contribution in [0.2, 0.25) is 0 Å². The molecule has 0 spiro atoms. The third-order valence-corrected chi connectivity index (χ3v) is 6.74. The number of hydrogen-bond donors (Lipinski definition) is 0. The van der Waals surface area contributed by atoms with E-state index in [0.29, 0.717) is 16.7 Å². The zero-order chi connectivity index (χ0) is 13.0. The second-order valence-electron chi connectivity index (χ2n) is 6.94. The molecule has 2 aliphatic rings. The molecule has 2 fully saturated rings. The smallest absolute Gasteiger partial charge is 0.226 e. The maximum atomic E-state index is 12.6. The highest BCUT2D eigenvalue weighted by molar-refractivity contribution is 9.09. The second-order valence-corrected chi connectivity index (χ2v) is 8.12. The van der Waals surface area contributed by atoms with Gasteiger partial charge in [0.15, 0.2) is 0 Å². The van der Waals surface area contributed by atoms with Gasteiger partial charge in [-0.25, -0.2) is 0 Å². The Morgan fingerprint density at radius 2 is 1.76 bits per heavy atom. The summed E-state index contributed by atoms with van der Waals surface area (Å²) in [5.41, 5.74) is 0.331. The molecule has 0 aromatic rings. The van der Waals surface area contributed by atoms with Crippen LogP contribution in [0.5, 0.6) is 0 Å². The van der Waals surface area contributed by atoms with Crippen molar-refractivity contribution in [2.24, 2.45) is 22.7 Å². The van der Waals surface area contributed by atoms with Crippen molar-refractivity contribution in [1.82, 2.24) is 4.90 Å². The van der Waals surface area contributed by atoms with Gasteiger partial charge in [-0.1, -0.05) is 50.5 Å². The lowest BCUT2D eigenvalue weighted by Crippen LogP contribution is -2.44. The molecule has 2 rings (SSSR count). The summed E-state index contributed by atoms with van der Waals surface area (Å²) in [4.78, 5) is 15.2. The summed E-state index contributed by atoms with van der Waals surface area (Å²) < 4.78 is 0. The molecule has 1 heterocycles. The molecular weight excluding hydrogens is 278 g/mol. The van der Waals surface area contributed by atoms with Crippen molar-refractivity contribution in [2.75, 3.05) is 13.1 Å². The molecule has 17 heavy (non-hydrogen) atoms. The van der Waals surface area contributed by atoms with Gasteiger partial charge in [0.1, 0.15) is 0 Å². The van der Waals surface area contributed by atoms with E-state index in [0.717, 1.165) is 19.5 Å². The van der Waals surface area contributed by atoms with Crippen LogP contribution >= 0.6 is 15.9 Å². The fourth-order valence-electron chi connectivity index (χ4n) is 3.31. The van der Waals surface area contributed by atoms with Crippen LogP contribution in [0.25, 0.3) is 0 Å². The molecule has 1 saturated carbocycles. The molecule has 2 nitrogen and oxygen atoms in total. The van der Waals surface area contributed by atoms with Crippen molar-refractivity contribution >= 4 is 21.8 Å². The van der Waals surface area contributed by atoms with Crippen LogP contribution in [0.1, 0.15) is 41.0 Å². The zero-order valence-electron chi connectivity index (χ0n) is 11.6. The zero-order valence-corrected chi connectivity index (χ0v) is 13.2. The highest BCUT2D eigenvalue weighted by Crippen LogP contribution is 2.68. The summed E-state index contributed by atoms with van der Waals surface area (Å²) in [5.74, 6) is 1.16. The van der Waals surface area contributed by atoms with Crippen LogP contribution in [0, 0.1) is 22.7 Å². The van der Waals surface area contributed by atoms with Gasteiger partial charge in [0.25, 0.3) is 0 Å². The Balaban J connectivity index is 2.04. The summed E-state index contributed by atoms with van der Waals surface area (Å²) in [6.07, 6.45) is 1.08. The SMILES string of the molecule is CC1CN(C(=O)C2C(C)(C)C2(C)C)CCC1Br. The standard InChI is InChI=1S/C14H24BrNO/c1-9-8-16(7-6-10(9)15)12(17)11-13(2,3)14(11,4)5/h9-11H,6-8H2,1-5H3. The lowest BCUT2D eigenvalue weighted by Gasteiger charge is -2.35. The number of halogens is 1. The van der Waals surface area contributed by atoms with E-state index in [1.54, 1.807) is 0 Å². The summed E-state index contributed by atoms with van der Waals surface area (Å²) >= 11 is 3.69. The van der Waals surface area contributed by atoms with E-state index in [4.69, 9.17) is 0 Å². The van der Waals surface area contributed by atoms with Crippen molar-refractivity contribution in [1.29, 1.82) is 0 Å². The number of amides is 1. The van der Waals surface area contributed by atoms with Gasteiger partial charge in [-0.05, 0) is 23.2 Å². The molecule has 3 heteroatoms. The van der Waals surface area contributed by atoms with Gasteiger partial charge in [0.05, 0.1) is 0 Å². The van der Waals surface area contributed by atoms with Crippen LogP contribution in [0.4, 0.5) is 0 Å². The number of alkyl halides is 1. The fourth-order valence-corrected chi connectivity index (χ4v) is 3.69. The predicted molar refractivity (Wildman–Crippen MR) is 74.1 cm³/mol. The van der Waals surface area contributed by atoms with Crippen LogP contribution in [-0.2, 0) is 4.79 Å². The molecule has 2 unspecified atom stereocenters. The van der Waals surface area contributed by atoms with Gasteiger partial charge in [-0.3, -0.25) is 4.79 Å². The molecule has 1 saturated heterocycles. The molecule has 0 N–H and O–H groups in total. The fraction of sp³-hybridized carbons (Fsp3) is 0.929. The van der Waals surface area contributed by atoms with Gasteiger partial charge in [0.2, 0.25) is 5.91 Å². The molecule has 1 amide bonds. The topological polar surface area (TPSA) is 20.3 Å². The first-order chi connectivity index (χ1) is 7.69. The molecule has 2 atom stereocenters. The Morgan fingerprint density at radius 3 is 2.18 bits per heavy atom. The second kappa shape index (κ2) is 3.97. The highest BCUT2D eigenvalue weighted by atomic mass is 79.9. The Bertz CT molecular complexity index is 323. The average Bonchev–Trinajstić information content (AvgIpc) is 2.61. The molecule has 98 valence electrons. The molecular formula is C14H24BrNO. The lowest BCUT2D eigenvalue weighted by atomic mass is 9.99. The third-order valence-electron chi connectivity index (χ3n) is 5.38. The first-order valence-electron chi connectivity index (χ1n) is 6.62. The summed E-state index contributed by atoms with van der Waals surface area (Å²) in [6.45, 7) is 12.9. The van der Waals surface area contributed by atoms with Crippen molar-refractivity contribution < 1.29 is 4.79 Å². The number of likely N-dealkylation sites (tertiary alicyclic amines) is 1. The van der Waals surface area contributed by atoms with E-state index in [1.807, 2.05) is 0 Å². The van der Waals surface area contributed by atoms with E-state index in [9.17, 15) is 4.79 Å². The van der Waals surface area contributed by atoms with Crippen LogP contribution in [-0.4, -0.2) is 28.7 Å². The van der Waals surface area contributed by atoms with E-state index >= 15 is 0 Å². The van der Waals surface area contributed by atoms with Crippen molar-refractivity contribution in [3.63, 3.8) is 0 Å². The minimum atomic E-state index is 0.165. The number of nitrogens with zero attached hydrogens (tertiary/aromatic N) is 1. The monoisotopic (exact) mass is 301 g/mol. The Kier molecular flexibility index (Phi) is 3.13. The Morgan fingerprint density at radius 1 is 1.24 bits per heavy atom. The number of piperidine rings is 1. The van der Waals surface area contributed by atoms with Crippen molar-refractivity contribution in [3.8, 4) is 0 Å². The number of rotatable bonds is 1. The lowest BCUT2D eigenvalue weighted by molar-refractivity contribution is -0.135. The molecule has 0 bridgehead atoms. The number of carbonyl (C=O) groups is 1.